The maximum absolute atomic E-state index is 12.3. The van der Waals surface area contributed by atoms with Gasteiger partial charge in [-0.05, 0) is 19.3 Å². The summed E-state index contributed by atoms with van der Waals surface area (Å²) in [6.07, 6.45) is 9.41. The lowest BCUT2D eigenvalue weighted by molar-refractivity contribution is -0.133. The van der Waals surface area contributed by atoms with Crippen LogP contribution in [0, 0.1) is 0 Å². The lowest BCUT2D eigenvalue weighted by Gasteiger charge is -2.25. The van der Waals surface area contributed by atoms with E-state index in [2.05, 4.69) is 13.8 Å². The first kappa shape index (κ1) is 19.4. The van der Waals surface area contributed by atoms with Crippen molar-refractivity contribution < 1.29 is 9.90 Å². The monoisotopic (exact) mass is 286 g/mol. The molecule has 0 aliphatic rings. The SMILES string of the molecule is CCCCCCCN(CCCO)C(=O)C(N)CCCC. The van der Waals surface area contributed by atoms with Gasteiger partial charge in [-0.25, -0.2) is 0 Å². The minimum atomic E-state index is -0.371. The van der Waals surface area contributed by atoms with Crippen molar-refractivity contribution in [2.75, 3.05) is 19.7 Å². The summed E-state index contributed by atoms with van der Waals surface area (Å²) < 4.78 is 0. The van der Waals surface area contributed by atoms with Crippen LogP contribution in [0.3, 0.4) is 0 Å². The zero-order valence-electron chi connectivity index (χ0n) is 13.4. The molecular weight excluding hydrogens is 252 g/mol. The first-order chi connectivity index (χ1) is 9.67. The number of nitrogens with zero attached hydrogens (tertiary/aromatic N) is 1. The number of carbonyl (C=O) groups is 1. The molecule has 0 rings (SSSR count). The molecule has 20 heavy (non-hydrogen) atoms. The number of amides is 1. The van der Waals surface area contributed by atoms with E-state index in [1.165, 1.54) is 25.7 Å². The van der Waals surface area contributed by atoms with Crippen molar-refractivity contribution in [2.45, 2.75) is 77.7 Å². The molecule has 0 fully saturated rings. The Hall–Kier alpha value is -0.610. The topological polar surface area (TPSA) is 66.6 Å². The van der Waals surface area contributed by atoms with Gasteiger partial charge in [-0.15, -0.1) is 0 Å². The van der Waals surface area contributed by atoms with Gasteiger partial charge in [0, 0.05) is 19.7 Å². The summed E-state index contributed by atoms with van der Waals surface area (Å²) in [5.74, 6) is 0.0578. The fourth-order valence-corrected chi connectivity index (χ4v) is 2.28. The molecule has 0 radical (unpaired) electrons. The Morgan fingerprint density at radius 2 is 1.60 bits per heavy atom. The van der Waals surface area contributed by atoms with Gasteiger partial charge in [-0.1, -0.05) is 52.4 Å². The van der Waals surface area contributed by atoms with Gasteiger partial charge in [0.2, 0.25) is 5.91 Å². The van der Waals surface area contributed by atoms with Crippen LogP contribution in [0.5, 0.6) is 0 Å². The molecule has 0 bridgehead atoms. The molecule has 0 aliphatic heterocycles. The summed E-state index contributed by atoms with van der Waals surface area (Å²) in [5.41, 5.74) is 5.97. The van der Waals surface area contributed by atoms with Crippen molar-refractivity contribution in [2.24, 2.45) is 5.73 Å². The summed E-state index contributed by atoms with van der Waals surface area (Å²) in [6, 6.07) is -0.371. The van der Waals surface area contributed by atoms with E-state index in [0.717, 1.165) is 32.2 Å². The highest BCUT2D eigenvalue weighted by molar-refractivity contribution is 5.81. The Labute approximate surface area is 124 Å². The Balaban J connectivity index is 4.13. The van der Waals surface area contributed by atoms with E-state index < -0.39 is 0 Å². The number of carbonyl (C=O) groups excluding carboxylic acids is 1. The van der Waals surface area contributed by atoms with Crippen LogP contribution < -0.4 is 5.73 Å². The van der Waals surface area contributed by atoms with E-state index in [9.17, 15) is 4.79 Å². The molecule has 1 atom stereocenters. The Bertz CT molecular complexity index is 235. The zero-order chi connectivity index (χ0) is 15.2. The van der Waals surface area contributed by atoms with E-state index in [4.69, 9.17) is 10.8 Å². The molecule has 0 saturated carbocycles. The third-order valence-corrected chi connectivity index (χ3v) is 3.62. The number of hydrogen-bond donors (Lipinski definition) is 2. The van der Waals surface area contributed by atoms with Gasteiger partial charge in [0.1, 0.15) is 0 Å². The first-order valence-electron chi connectivity index (χ1n) is 8.32. The lowest BCUT2D eigenvalue weighted by atomic mass is 10.1. The van der Waals surface area contributed by atoms with Gasteiger partial charge in [0.25, 0.3) is 0 Å². The molecule has 3 N–H and O–H groups in total. The fraction of sp³-hybridized carbons (Fsp3) is 0.938. The molecule has 0 aromatic heterocycles. The van der Waals surface area contributed by atoms with Crippen molar-refractivity contribution in [3.63, 3.8) is 0 Å². The molecule has 1 amide bonds. The number of rotatable bonds is 13. The molecule has 4 nitrogen and oxygen atoms in total. The molecule has 1 unspecified atom stereocenters. The van der Waals surface area contributed by atoms with Crippen LogP contribution in [-0.4, -0.2) is 41.7 Å². The Morgan fingerprint density at radius 1 is 1.00 bits per heavy atom. The largest absolute Gasteiger partial charge is 0.396 e. The van der Waals surface area contributed by atoms with Crippen LogP contribution in [0.1, 0.15) is 71.6 Å². The second-order valence-electron chi connectivity index (χ2n) is 5.57. The predicted octanol–water partition coefficient (Wildman–Crippen LogP) is 2.69. The van der Waals surface area contributed by atoms with Gasteiger partial charge in [0.05, 0.1) is 6.04 Å². The summed E-state index contributed by atoms with van der Waals surface area (Å²) in [7, 11) is 0. The summed E-state index contributed by atoms with van der Waals surface area (Å²) >= 11 is 0. The number of unbranched alkanes of at least 4 members (excludes halogenated alkanes) is 5. The van der Waals surface area contributed by atoms with Crippen LogP contribution in [0.4, 0.5) is 0 Å². The van der Waals surface area contributed by atoms with Crippen LogP contribution in [0.15, 0.2) is 0 Å². The first-order valence-corrected chi connectivity index (χ1v) is 8.32. The van der Waals surface area contributed by atoms with Crippen LogP contribution >= 0.6 is 0 Å². The van der Waals surface area contributed by atoms with E-state index in [1.54, 1.807) is 0 Å². The fourth-order valence-electron chi connectivity index (χ4n) is 2.28. The minimum absolute atomic E-state index is 0.0578. The molecule has 4 heteroatoms. The highest BCUT2D eigenvalue weighted by Crippen LogP contribution is 2.08. The molecule has 0 aromatic rings. The molecule has 0 aliphatic carbocycles. The van der Waals surface area contributed by atoms with Crippen LogP contribution in [0.25, 0.3) is 0 Å². The van der Waals surface area contributed by atoms with Crippen molar-refractivity contribution in [3.05, 3.63) is 0 Å². The molecule has 0 spiro atoms. The highest BCUT2D eigenvalue weighted by Gasteiger charge is 2.19. The molecule has 0 heterocycles. The van der Waals surface area contributed by atoms with E-state index in [0.29, 0.717) is 13.0 Å². The summed E-state index contributed by atoms with van der Waals surface area (Å²) in [4.78, 5) is 14.1. The predicted molar refractivity (Wildman–Crippen MR) is 84.5 cm³/mol. The summed E-state index contributed by atoms with van der Waals surface area (Å²) in [6.45, 7) is 5.84. The third-order valence-electron chi connectivity index (χ3n) is 3.62. The molecular formula is C16H34N2O2. The second-order valence-corrected chi connectivity index (χ2v) is 5.57. The Morgan fingerprint density at radius 3 is 2.20 bits per heavy atom. The van der Waals surface area contributed by atoms with Crippen molar-refractivity contribution in [1.82, 2.24) is 4.90 Å². The molecule has 0 saturated heterocycles. The van der Waals surface area contributed by atoms with E-state index >= 15 is 0 Å². The van der Waals surface area contributed by atoms with E-state index in [1.807, 2.05) is 4.90 Å². The van der Waals surface area contributed by atoms with Crippen molar-refractivity contribution in [1.29, 1.82) is 0 Å². The van der Waals surface area contributed by atoms with Gasteiger partial charge >= 0.3 is 0 Å². The quantitative estimate of drug-likeness (QED) is 0.512. The molecule has 0 aromatic carbocycles. The average Bonchev–Trinajstić information content (AvgIpc) is 2.46. The number of hydrogen-bond acceptors (Lipinski definition) is 3. The Kier molecular flexibility index (Phi) is 13.0. The smallest absolute Gasteiger partial charge is 0.239 e. The average molecular weight is 286 g/mol. The second kappa shape index (κ2) is 13.4. The van der Waals surface area contributed by atoms with E-state index in [-0.39, 0.29) is 18.6 Å². The van der Waals surface area contributed by atoms with Crippen molar-refractivity contribution >= 4 is 5.91 Å². The third kappa shape index (κ3) is 9.32. The maximum atomic E-state index is 12.3. The van der Waals surface area contributed by atoms with Crippen LogP contribution in [-0.2, 0) is 4.79 Å². The van der Waals surface area contributed by atoms with Gasteiger partial charge < -0.3 is 15.7 Å². The maximum Gasteiger partial charge on any atom is 0.239 e. The lowest BCUT2D eigenvalue weighted by Crippen LogP contribution is -2.44. The highest BCUT2D eigenvalue weighted by atomic mass is 16.3. The number of aliphatic hydroxyl groups excluding tert-OH is 1. The van der Waals surface area contributed by atoms with Gasteiger partial charge in [0.15, 0.2) is 0 Å². The minimum Gasteiger partial charge on any atom is -0.396 e. The number of nitrogens with two attached hydrogens (primary N) is 1. The van der Waals surface area contributed by atoms with Crippen LogP contribution in [0.2, 0.25) is 0 Å². The zero-order valence-corrected chi connectivity index (χ0v) is 13.4. The normalized spacial score (nSPS) is 12.4. The number of aliphatic hydroxyl groups is 1. The van der Waals surface area contributed by atoms with Crippen molar-refractivity contribution in [3.8, 4) is 0 Å². The van der Waals surface area contributed by atoms with Gasteiger partial charge in [-0.3, -0.25) is 4.79 Å². The van der Waals surface area contributed by atoms with Gasteiger partial charge in [-0.2, -0.15) is 0 Å². The molecule has 120 valence electrons. The standard InChI is InChI=1S/C16H34N2O2/c1-3-5-7-8-9-12-18(13-10-14-19)16(20)15(17)11-6-4-2/h15,19H,3-14,17H2,1-2H3. The summed E-state index contributed by atoms with van der Waals surface area (Å²) in [5, 5.41) is 8.95.